The van der Waals surface area contributed by atoms with Crippen molar-refractivity contribution in [3.8, 4) is 11.1 Å². The first-order valence-electron chi connectivity index (χ1n) is 11.1. The van der Waals surface area contributed by atoms with Gasteiger partial charge in [-0.1, -0.05) is 19.1 Å². The van der Waals surface area contributed by atoms with Crippen molar-refractivity contribution in [1.82, 2.24) is 19.7 Å². The van der Waals surface area contributed by atoms with E-state index >= 15 is 0 Å². The Morgan fingerprint density at radius 1 is 1.22 bits per heavy atom. The zero-order valence-electron chi connectivity index (χ0n) is 19.4. The molecule has 0 spiro atoms. The van der Waals surface area contributed by atoms with Crippen LogP contribution < -0.4 is 5.32 Å². The van der Waals surface area contributed by atoms with Gasteiger partial charge in [-0.25, -0.2) is 18.2 Å². The van der Waals surface area contributed by atoms with Crippen LogP contribution in [-0.2, 0) is 13.2 Å². The van der Waals surface area contributed by atoms with E-state index in [1.165, 1.54) is 29.1 Å². The molecule has 192 valence electrons. The quantitative estimate of drug-likeness (QED) is 0.476. The zero-order chi connectivity index (χ0) is 26.3. The monoisotopic (exact) mass is 511 g/mol. The van der Waals surface area contributed by atoms with E-state index in [-0.39, 0.29) is 18.1 Å². The van der Waals surface area contributed by atoms with E-state index in [1.54, 1.807) is 20.0 Å². The van der Waals surface area contributed by atoms with Gasteiger partial charge in [-0.05, 0) is 35.7 Å². The summed E-state index contributed by atoms with van der Waals surface area (Å²) in [6.07, 6.45) is -2.83. The summed E-state index contributed by atoms with van der Waals surface area (Å²) in [5.41, 5.74) is -0.368. The highest BCUT2D eigenvalue weighted by Crippen LogP contribution is 2.36. The fourth-order valence-corrected chi connectivity index (χ4v) is 4.40. The number of amides is 1. The SMILES string of the molecule is C[C@@H]1CC(F)(F)CN(C(=O)c2nn(C)cc2-c2cccc(F)c2)C1CNc1ccc(C(F)(F)F)cn1. The number of aryl methyl sites for hydroxylation is 1. The van der Waals surface area contributed by atoms with Crippen LogP contribution in [0.5, 0.6) is 0 Å². The van der Waals surface area contributed by atoms with Crippen molar-refractivity contribution in [1.29, 1.82) is 0 Å². The number of rotatable bonds is 5. The predicted molar refractivity (Wildman–Crippen MR) is 120 cm³/mol. The molecule has 0 aliphatic carbocycles. The van der Waals surface area contributed by atoms with E-state index in [0.29, 0.717) is 17.3 Å². The number of carbonyl (C=O) groups is 1. The second kappa shape index (κ2) is 9.47. The number of hydrogen-bond donors (Lipinski definition) is 1. The van der Waals surface area contributed by atoms with Crippen molar-refractivity contribution in [2.24, 2.45) is 13.0 Å². The van der Waals surface area contributed by atoms with E-state index in [0.717, 1.165) is 17.0 Å². The second-order valence-electron chi connectivity index (χ2n) is 8.92. The molecule has 1 aromatic carbocycles. The van der Waals surface area contributed by atoms with Gasteiger partial charge in [-0.3, -0.25) is 9.48 Å². The van der Waals surface area contributed by atoms with E-state index in [4.69, 9.17) is 0 Å². The summed E-state index contributed by atoms with van der Waals surface area (Å²) in [5.74, 6) is -4.97. The maximum Gasteiger partial charge on any atom is 0.417 e. The number of anilines is 1. The van der Waals surface area contributed by atoms with Crippen LogP contribution in [0.4, 0.5) is 32.2 Å². The third-order valence-corrected chi connectivity index (χ3v) is 6.09. The van der Waals surface area contributed by atoms with Gasteiger partial charge < -0.3 is 10.2 Å². The Bertz CT molecular complexity index is 1240. The summed E-state index contributed by atoms with van der Waals surface area (Å²) in [5, 5.41) is 7.02. The molecule has 2 aromatic heterocycles. The lowest BCUT2D eigenvalue weighted by Crippen LogP contribution is -2.57. The molecule has 1 aliphatic rings. The van der Waals surface area contributed by atoms with Crippen LogP contribution in [0.3, 0.4) is 0 Å². The fraction of sp³-hybridized carbons (Fsp3) is 0.375. The number of hydrogen-bond acceptors (Lipinski definition) is 4. The molecule has 12 heteroatoms. The van der Waals surface area contributed by atoms with Gasteiger partial charge in [0.2, 0.25) is 0 Å². The summed E-state index contributed by atoms with van der Waals surface area (Å²) in [6.45, 7) is 0.692. The number of benzene rings is 1. The van der Waals surface area contributed by atoms with E-state index in [9.17, 15) is 31.1 Å². The highest BCUT2D eigenvalue weighted by atomic mass is 19.4. The highest BCUT2D eigenvalue weighted by Gasteiger charge is 2.46. The summed E-state index contributed by atoms with van der Waals surface area (Å²) in [7, 11) is 1.56. The minimum atomic E-state index is -4.54. The molecule has 1 amide bonds. The smallest absolute Gasteiger partial charge is 0.368 e. The number of likely N-dealkylation sites (tertiary alicyclic amines) is 1. The van der Waals surface area contributed by atoms with Crippen LogP contribution in [-0.4, -0.2) is 50.6 Å². The van der Waals surface area contributed by atoms with E-state index in [1.807, 2.05) is 0 Å². The van der Waals surface area contributed by atoms with E-state index < -0.39 is 54.3 Å². The fourth-order valence-electron chi connectivity index (χ4n) is 4.40. The Balaban J connectivity index is 1.61. The maximum absolute atomic E-state index is 14.5. The van der Waals surface area contributed by atoms with Gasteiger partial charge in [-0.15, -0.1) is 0 Å². The van der Waals surface area contributed by atoms with Gasteiger partial charge in [0, 0.05) is 38.0 Å². The van der Waals surface area contributed by atoms with Gasteiger partial charge in [-0.2, -0.15) is 18.3 Å². The number of aromatic nitrogens is 3. The minimum Gasteiger partial charge on any atom is -0.368 e. The van der Waals surface area contributed by atoms with Crippen molar-refractivity contribution in [2.45, 2.75) is 31.5 Å². The number of pyridine rings is 1. The summed E-state index contributed by atoms with van der Waals surface area (Å²) < 4.78 is 82.6. The number of carbonyl (C=O) groups excluding carboxylic acids is 1. The molecule has 1 N–H and O–H groups in total. The van der Waals surface area contributed by atoms with Gasteiger partial charge in [0.25, 0.3) is 11.8 Å². The first-order chi connectivity index (χ1) is 16.8. The minimum absolute atomic E-state index is 0.0243. The molecule has 4 rings (SSSR count). The number of nitrogens with zero attached hydrogens (tertiary/aromatic N) is 4. The van der Waals surface area contributed by atoms with Gasteiger partial charge in [0.05, 0.1) is 18.2 Å². The lowest BCUT2D eigenvalue weighted by Gasteiger charge is -2.43. The Morgan fingerprint density at radius 3 is 2.61 bits per heavy atom. The van der Waals surface area contributed by atoms with Gasteiger partial charge in [0.15, 0.2) is 5.69 Å². The number of alkyl halides is 5. The molecule has 3 heterocycles. The average Bonchev–Trinajstić information content (AvgIpc) is 3.18. The molecule has 6 nitrogen and oxygen atoms in total. The lowest BCUT2D eigenvalue weighted by atomic mass is 9.88. The summed E-state index contributed by atoms with van der Waals surface area (Å²) >= 11 is 0. The molecule has 1 unspecified atom stereocenters. The molecular formula is C24H23F6N5O. The summed E-state index contributed by atoms with van der Waals surface area (Å²) in [6, 6.07) is 6.77. The molecule has 3 aromatic rings. The third-order valence-electron chi connectivity index (χ3n) is 6.09. The highest BCUT2D eigenvalue weighted by molar-refractivity contribution is 5.99. The van der Waals surface area contributed by atoms with E-state index in [2.05, 4.69) is 15.4 Å². The van der Waals surface area contributed by atoms with Gasteiger partial charge >= 0.3 is 6.18 Å². The Kier molecular flexibility index (Phi) is 6.72. The molecule has 0 saturated carbocycles. The standard InChI is InChI=1S/C24H23F6N5O/c1-14-9-23(26,27)13-35(19(14)11-32-20-7-6-16(10-31-20)24(28,29)30)22(36)21-18(12-34(2)33-21)15-4-3-5-17(25)8-15/h3-8,10,12,14,19H,9,11,13H2,1-2H3,(H,31,32)/t14-,19?/m1/s1. The van der Waals surface area contributed by atoms with Crippen LogP contribution >= 0.6 is 0 Å². The second-order valence-corrected chi connectivity index (χ2v) is 8.92. The third kappa shape index (κ3) is 5.47. The topological polar surface area (TPSA) is 63.1 Å². The number of nitrogens with one attached hydrogen (secondary N) is 1. The van der Waals surface area contributed by atoms with Crippen LogP contribution in [0.25, 0.3) is 11.1 Å². The van der Waals surface area contributed by atoms with Crippen LogP contribution in [0, 0.1) is 11.7 Å². The molecule has 1 fully saturated rings. The molecule has 0 bridgehead atoms. The van der Waals surface area contributed by atoms with Gasteiger partial charge in [0.1, 0.15) is 11.6 Å². The average molecular weight is 511 g/mol. The Labute approximate surface area is 202 Å². The number of halogens is 6. The van der Waals surface area contributed by atoms with Crippen LogP contribution in [0.1, 0.15) is 29.4 Å². The molecule has 36 heavy (non-hydrogen) atoms. The summed E-state index contributed by atoms with van der Waals surface area (Å²) in [4.78, 5) is 18.3. The molecule has 1 saturated heterocycles. The first kappa shape index (κ1) is 25.5. The van der Waals surface area contributed by atoms with Crippen molar-refractivity contribution < 1.29 is 31.1 Å². The Morgan fingerprint density at radius 2 is 1.97 bits per heavy atom. The molecular weight excluding hydrogens is 488 g/mol. The zero-order valence-corrected chi connectivity index (χ0v) is 19.4. The van der Waals surface area contributed by atoms with Crippen molar-refractivity contribution in [2.75, 3.05) is 18.4 Å². The first-order valence-corrected chi connectivity index (χ1v) is 11.1. The maximum atomic E-state index is 14.5. The Hall–Kier alpha value is -3.57. The predicted octanol–water partition coefficient (Wildman–Crippen LogP) is 5.24. The van der Waals surface area contributed by atoms with Crippen molar-refractivity contribution >= 4 is 11.7 Å². The number of piperidine rings is 1. The molecule has 1 aliphatic heterocycles. The van der Waals surface area contributed by atoms with Crippen molar-refractivity contribution in [3.63, 3.8) is 0 Å². The largest absolute Gasteiger partial charge is 0.417 e. The van der Waals surface area contributed by atoms with Crippen LogP contribution in [0.15, 0.2) is 48.8 Å². The molecule has 2 atom stereocenters. The molecule has 0 radical (unpaired) electrons. The van der Waals surface area contributed by atoms with Crippen molar-refractivity contribution in [3.05, 3.63) is 65.9 Å². The van der Waals surface area contributed by atoms with Crippen LogP contribution in [0.2, 0.25) is 0 Å². The lowest BCUT2D eigenvalue weighted by molar-refractivity contribution is -0.137. The normalized spacial score (nSPS) is 19.8.